The minimum Gasteiger partial charge on any atom is -0.497 e. The Hall–Kier alpha value is -1.55. The summed E-state index contributed by atoms with van der Waals surface area (Å²) in [4.78, 5) is 10.7. The normalized spacial score (nSPS) is 18.2. The molecule has 0 aliphatic heterocycles. The van der Waals surface area contributed by atoms with E-state index in [0.717, 1.165) is 25.0 Å². The van der Waals surface area contributed by atoms with Crippen LogP contribution in [-0.2, 0) is 11.2 Å². The molecule has 1 unspecified atom stereocenters. The molecule has 1 aromatic rings. The molecule has 4 nitrogen and oxygen atoms in total. The predicted molar refractivity (Wildman–Crippen MR) is 70.5 cm³/mol. The average Bonchev–Trinajstić information content (AvgIpc) is 2.38. The number of hydrogen-bond acceptors (Lipinski definition) is 3. The van der Waals surface area contributed by atoms with E-state index in [4.69, 9.17) is 10.5 Å². The van der Waals surface area contributed by atoms with Crippen LogP contribution in [0.25, 0.3) is 0 Å². The fraction of sp³-hybridized carbons (Fsp3) is 0.500. The molecule has 0 fully saturated rings. The molecule has 1 aliphatic carbocycles. The number of benzene rings is 1. The van der Waals surface area contributed by atoms with E-state index in [9.17, 15) is 4.79 Å². The van der Waals surface area contributed by atoms with E-state index in [1.807, 2.05) is 6.07 Å². The van der Waals surface area contributed by atoms with Crippen LogP contribution in [-0.4, -0.2) is 19.6 Å². The summed E-state index contributed by atoms with van der Waals surface area (Å²) < 4.78 is 5.25. The van der Waals surface area contributed by atoms with Crippen molar-refractivity contribution in [2.75, 3.05) is 13.7 Å². The second kappa shape index (κ2) is 5.87. The fourth-order valence-electron chi connectivity index (χ4n) is 2.50. The lowest BCUT2D eigenvalue weighted by Gasteiger charge is -2.26. The molecule has 0 radical (unpaired) electrons. The summed E-state index contributed by atoms with van der Waals surface area (Å²) in [5.74, 6) is 0.653. The van der Waals surface area contributed by atoms with Crippen LogP contribution in [0, 0.1) is 0 Å². The van der Waals surface area contributed by atoms with Crippen molar-refractivity contribution in [2.24, 2.45) is 5.73 Å². The number of methoxy groups -OCH3 is 1. The van der Waals surface area contributed by atoms with Crippen LogP contribution in [0.15, 0.2) is 18.2 Å². The number of primary amides is 1. The number of aryl methyl sites for hydroxylation is 1. The summed E-state index contributed by atoms with van der Waals surface area (Å²) in [5.41, 5.74) is 7.82. The Kier molecular flexibility index (Phi) is 4.20. The van der Waals surface area contributed by atoms with Gasteiger partial charge in [0.05, 0.1) is 7.11 Å². The summed E-state index contributed by atoms with van der Waals surface area (Å²) in [6.07, 6.45) is 3.76. The predicted octanol–water partition coefficient (Wildman–Crippen LogP) is 1.54. The maximum absolute atomic E-state index is 10.7. The van der Waals surface area contributed by atoms with Crippen LogP contribution < -0.4 is 15.8 Å². The van der Waals surface area contributed by atoms with Gasteiger partial charge in [-0.1, -0.05) is 6.07 Å². The number of nitrogens with one attached hydrogen (secondary N) is 1. The molecule has 0 spiro atoms. The van der Waals surface area contributed by atoms with E-state index in [0.29, 0.717) is 19.0 Å². The van der Waals surface area contributed by atoms with Crippen molar-refractivity contribution in [1.29, 1.82) is 0 Å². The molecule has 0 bridgehead atoms. The molecule has 0 heterocycles. The van der Waals surface area contributed by atoms with Crippen LogP contribution in [0.5, 0.6) is 5.75 Å². The molecule has 4 heteroatoms. The highest BCUT2D eigenvalue weighted by Crippen LogP contribution is 2.31. The fourth-order valence-corrected chi connectivity index (χ4v) is 2.50. The molecule has 98 valence electrons. The van der Waals surface area contributed by atoms with Crippen molar-refractivity contribution < 1.29 is 9.53 Å². The largest absolute Gasteiger partial charge is 0.497 e. The maximum atomic E-state index is 10.7. The summed E-state index contributed by atoms with van der Waals surface area (Å²) >= 11 is 0. The van der Waals surface area contributed by atoms with Gasteiger partial charge in [-0.3, -0.25) is 4.79 Å². The van der Waals surface area contributed by atoms with Crippen LogP contribution >= 0.6 is 0 Å². The second-order valence-electron chi connectivity index (χ2n) is 4.68. The summed E-state index contributed by atoms with van der Waals surface area (Å²) in [7, 11) is 1.69. The number of carbonyl (C=O) groups excluding carboxylic acids is 1. The number of carbonyl (C=O) groups is 1. The third-order valence-corrected chi connectivity index (χ3v) is 3.43. The van der Waals surface area contributed by atoms with Gasteiger partial charge in [-0.2, -0.15) is 0 Å². The van der Waals surface area contributed by atoms with Gasteiger partial charge in [0.25, 0.3) is 0 Å². The van der Waals surface area contributed by atoms with Crippen molar-refractivity contribution in [2.45, 2.75) is 31.7 Å². The van der Waals surface area contributed by atoms with Gasteiger partial charge >= 0.3 is 0 Å². The van der Waals surface area contributed by atoms with E-state index in [-0.39, 0.29) is 5.91 Å². The third-order valence-electron chi connectivity index (χ3n) is 3.43. The van der Waals surface area contributed by atoms with E-state index in [2.05, 4.69) is 17.4 Å². The first kappa shape index (κ1) is 12.9. The number of rotatable bonds is 5. The maximum Gasteiger partial charge on any atom is 0.218 e. The Bertz CT molecular complexity index is 432. The van der Waals surface area contributed by atoms with E-state index in [1.54, 1.807) is 7.11 Å². The first-order valence-electron chi connectivity index (χ1n) is 6.39. The standard InChI is InChI=1S/C14H20N2O2/c1-18-11-5-6-12-10(9-11)3-2-4-13(12)16-8-7-14(15)17/h5-6,9,13,16H,2-4,7-8H2,1H3,(H2,15,17). The van der Waals surface area contributed by atoms with Gasteiger partial charge in [-0.05, 0) is 42.5 Å². The van der Waals surface area contributed by atoms with Crippen LogP contribution in [0.2, 0.25) is 0 Å². The van der Waals surface area contributed by atoms with Gasteiger partial charge in [0.2, 0.25) is 5.91 Å². The second-order valence-corrected chi connectivity index (χ2v) is 4.68. The Morgan fingerprint density at radius 1 is 1.56 bits per heavy atom. The first-order chi connectivity index (χ1) is 8.70. The molecule has 1 aromatic carbocycles. The highest BCUT2D eigenvalue weighted by Gasteiger charge is 2.19. The molecular formula is C14H20N2O2. The Morgan fingerprint density at radius 3 is 3.11 bits per heavy atom. The van der Waals surface area contributed by atoms with Crippen molar-refractivity contribution in [3.63, 3.8) is 0 Å². The lowest BCUT2D eigenvalue weighted by Crippen LogP contribution is -2.28. The van der Waals surface area contributed by atoms with Gasteiger partial charge in [0.1, 0.15) is 5.75 Å². The number of fused-ring (bicyclic) bond motifs is 1. The minimum absolute atomic E-state index is 0.256. The highest BCUT2D eigenvalue weighted by molar-refractivity contribution is 5.73. The van der Waals surface area contributed by atoms with Gasteiger partial charge in [0, 0.05) is 19.0 Å². The molecule has 2 rings (SSSR count). The lowest BCUT2D eigenvalue weighted by atomic mass is 9.87. The van der Waals surface area contributed by atoms with E-state index in [1.165, 1.54) is 11.1 Å². The Labute approximate surface area is 108 Å². The highest BCUT2D eigenvalue weighted by atomic mass is 16.5. The smallest absolute Gasteiger partial charge is 0.218 e. The van der Waals surface area contributed by atoms with Crippen LogP contribution in [0.4, 0.5) is 0 Å². The molecule has 0 saturated carbocycles. The van der Waals surface area contributed by atoms with Gasteiger partial charge < -0.3 is 15.8 Å². The molecule has 3 N–H and O–H groups in total. The molecule has 1 aliphatic rings. The van der Waals surface area contributed by atoms with Crippen LogP contribution in [0.3, 0.4) is 0 Å². The quantitative estimate of drug-likeness (QED) is 0.830. The van der Waals surface area contributed by atoms with Gasteiger partial charge in [0.15, 0.2) is 0 Å². The monoisotopic (exact) mass is 248 g/mol. The zero-order chi connectivity index (χ0) is 13.0. The van der Waals surface area contributed by atoms with Gasteiger partial charge in [-0.25, -0.2) is 0 Å². The van der Waals surface area contributed by atoms with Crippen molar-refractivity contribution >= 4 is 5.91 Å². The summed E-state index contributed by atoms with van der Waals surface area (Å²) in [6.45, 7) is 0.644. The Morgan fingerprint density at radius 2 is 2.39 bits per heavy atom. The van der Waals surface area contributed by atoms with Crippen molar-refractivity contribution in [3.8, 4) is 5.75 Å². The SMILES string of the molecule is COc1ccc2c(c1)CCCC2NCCC(N)=O. The molecule has 0 aromatic heterocycles. The summed E-state index contributed by atoms with van der Waals surface area (Å²) in [6, 6.07) is 6.55. The summed E-state index contributed by atoms with van der Waals surface area (Å²) in [5, 5.41) is 3.40. The lowest BCUT2D eigenvalue weighted by molar-refractivity contribution is -0.117. The van der Waals surface area contributed by atoms with Gasteiger partial charge in [-0.15, -0.1) is 0 Å². The zero-order valence-electron chi connectivity index (χ0n) is 10.7. The minimum atomic E-state index is -0.256. The molecule has 1 atom stereocenters. The van der Waals surface area contributed by atoms with Crippen LogP contribution in [0.1, 0.15) is 36.4 Å². The van der Waals surface area contributed by atoms with Crippen molar-refractivity contribution in [1.82, 2.24) is 5.32 Å². The number of ether oxygens (including phenoxy) is 1. The number of amides is 1. The third kappa shape index (κ3) is 3.01. The first-order valence-corrected chi connectivity index (χ1v) is 6.39. The molecular weight excluding hydrogens is 228 g/mol. The number of nitrogens with two attached hydrogens (primary N) is 1. The molecule has 0 saturated heterocycles. The number of hydrogen-bond donors (Lipinski definition) is 2. The van der Waals surface area contributed by atoms with E-state index < -0.39 is 0 Å². The molecule has 18 heavy (non-hydrogen) atoms. The topological polar surface area (TPSA) is 64.3 Å². The average molecular weight is 248 g/mol. The van der Waals surface area contributed by atoms with E-state index >= 15 is 0 Å². The molecule has 1 amide bonds. The zero-order valence-corrected chi connectivity index (χ0v) is 10.7. The Balaban J connectivity index is 2.05. The van der Waals surface area contributed by atoms with Crippen molar-refractivity contribution in [3.05, 3.63) is 29.3 Å².